The van der Waals surface area contributed by atoms with Crippen molar-refractivity contribution in [3.63, 3.8) is 0 Å². The zero-order valence-electron chi connectivity index (χ0n) is 9.44. The molecular weight excluding hydrogens is 204 g/mol. The minimum absolute atomic E-state index is 0.812. The molecule has 0 aliphatic rings. The molecule has 1 heteroatoms. The van der Waals surface area contributed by atoms with E-state index in [0.29, 0.717) is 0 Å². The van der Waals surface area contributed by atoms with Crippen LogP contribution in [0.4, 0.5) is 0 Å². The van der Waals surface area contributed by atoms with Crippen molar-refractivity contribution in [2.45, 2.75) is 39.5 Å². The molecule has 0 aromatic heterocycles. The Morgan fingerprint density at radius 2 is 2.07 bits per heavy atom. The minimum atomic E-state index is 0.812. The molecule has 15 heavy (non-hydrogen) atoms. The minimum Gasteiger partial charge on any atom is -0.0979 e. The quantitative estimate of drug-likeness (QED) is 0.517. The first kappa shape index (κ1) is 12.1. The second-order valence-corrected chi connectivity index (χ2v) is 4.13. The molecule has 80 valence electrons. The highest BCUT2D eigenvalue weighted by Gasteiger charge is 1.94. The van der Waals surface area contributed by atoms with E-state index < -0.39 is 0 Å². The van der Waals surface area contributed by atoms with Gasteiger partial charge in [-0.15, -0.1) is 0 Å². The second-order valence-electron chi connectivity index (χ2n) is 3.72. The van der Waals surface area contributed by atoms with Gasteiger partial charge < -0.3 is 0 Å². The fraction of sp³-hybridized carbons (Fsp3) is 0.429. The van der Waals surface area contributed by atoms with Crippen molar-refractivity contribution >= 4 is 11.6 Å². The summed E-state index contributed by atoms with van der Waals surface area (Å²) in [5, 5.41) is 0.812. The van der Waals surface area contributed by atoms with Gasteiger partial charge in [-0.1, -0.05) is 43.2 Å². The van der Waals surface area contributed by atoms with Gasteiger partial charge in [-0.25, -0.2) is 0 Å². The van der Waals surface area contributed by atoms with Gasteiger partial charge in [-0.2, -0.15) is 0 Å². The van der Waals surface area contributed by atoms with Gasteiger partial charge in [0.2, 0.25) is 0 Å². The fourth-order valence-corrected chi connectivity index (χ4v) is 1.47. The Labute approximate surface area is 97.7 Å². The third kappa shape index (κ3) is 4.40. The third-order valence-electron chi connectivity index (χ3n) is 2.30. The summed E-state index contributed by atoms with van der Waals surface area (Å²) >= 11 is 5.94. The molecule has 0 amide bonds. The molecular formula is C14H17Cl. The maximum Gasteiger partial charge on any atom is 0.0436 e. The molecule has 0 heterocycles. The van der Waals surface area contributed by atoms with Crippen LogP contribution in [0.3, 0.4) is 0 Å². The van der Waals surface area contributed by atoms with Crippen LogP contribution in [0.25, 0.3) is 0 Å². The number of benzene rings is 1. The van der Waals surface area contributed by atoms with Gasteiger partial charge in [0.05, 0.1) is 0 Å². The lowest BCUT2D eigenvalue weighted by Gasteiger charge is -1.96. The maximum atomic E-state index is 5.94. The Kier molecular flexibility index (Phi) is 5.29. The molecule has 0 saturated heterocycles. The average molecular weight is 221 g/mol. The van der Waals surface area contributed by atoms with Crippen molar-refractivity contribution in [1.29, 1.82) is 0 Å². The van der Waals surface area contributed by atoms with Gasteiger partial charge in [0.25, 0.3) is 0 Å². The summed E-state index contributed by atoms with van der Waals surface area (Å²) in [6.45, 7) is 4.21. The van der Waals surface area contributed by atoms with Gasteiger partial charge in [-0.05, 0) is 37.1 Å². The number of hydrogen-bond donors (Lipinski definition) is 0. The van der Waals surface area contributed by atoms with Crippen LogP contribution in [0.2, 0.25) is 5.02 Å². The average Bonchev–Trinajstić information content (AvgIpc) is 2.23. The van der Waals surface area contributed by atoms with Gasteiger partial charge in [0.1, 0.15) is 0 Å². The molecule has 0 fully saturated rings. The number of halogens is 1. The normalized spacial score (nSPS) is 9.53. The van der Waals surface area contributed by atoms with E-state index in [1.807, 2.05) is 25.1 Å². The van der Waals surface area contributed by atoms with Crippen molar-refractivity contribution in [2.75, 3.05) is 0 Å². The number of unbranched alkanes of at least 4 members (excludes halogenated alkanes) is 3. The second kappa shape index (κ2) is 6.53. The summed E-state index contributed by atoms with van der Waals surface area (Å²) in [7, 11) is 0. The predicted octanol–water partition coefficient (Wildman–Crippen LogP) is 4.58. The zero-order valence-corrected chi connectivity index (χ0v) is 10.2. The Morgan fingerprint density at radius 1 is 1.27 bits per heavy atom. The standard InChI is InChI=1S/C14H17Cl/c1-3-4-5-6-7-8-13-9-10-14(15)12(2)11-13/h9-11H,3-6H2,1-2H3. The van der Waals surface area contributed by atoms with Crippen molar-refractivity contribution in [3.8, 4) is 11.8 Å². The van der Waals surface area contributed by atoms with Gasteiger partial charge in [0, 0.05) is 17.0 Å². The summed E-state index contributed by atoms with van der Waals surface area (Å²) in [4.78, 5) is 0. The molecule has 1 aromatic rings. The molecule has 1 rings (SSSR count). The van der Waals surface area contributed by atoms with Crippen LogP contribution in [0.1, 0.15) is 43.7 Å². The number of aryl methyl sites for hydroxylation is 1. The Bertz CT molecular complexity index is 369. The molecule has 0 aliphatic carbocycles. The molecule has 0 spiro atoms. The lowest BCUT2D eigenvalue weighted by Crippen LogP contribution is -1.79. The lowest BCUT2D eigenvalue weighted by molar-refractivity contribution is 0.737. The summed E-state index contributed by atoms with van der Waals surface area (Å²) in [6, 6.07) is 5.92. The first-order chi connectivity index (χ1) is 7.24. The number of rotatable bonds is 3. The summed E-state index contributed by atoms with van der Waals surface area (Å²) < 4.78 is 0. The highest BCUT2D eigenvalue weighted by Crippen LogP contribution is 2.15. The monoisotopic (exact) mass is 220 g/mol. The van der Waals surface area contributed by atoms with E-state index in [1.54, 1.807) is 0 Å². The van der Waals surface area contributed by atoms with E-state index in [0.717, 1.165) is 22.6 Å². The third-order valence-corrected chi connectivity index (χ3v) is 2.72. The Hall–Kier alpha value is -0.930. The fourth-order valence-electron chi connectivity index (χ4n) is 1.35. The van der Waals surface area contributed by atoms with Crippen LogP contribution >= 0.6 is 11.6 Å². The van der Waals surface area contributed by atoms with Crippen LogP contribution in [-0.4, -0.2) is 0 Å². The van der Waals surface area contributed by atoms with E-state index in [1.165, 1.54) is 19.3 Å². The molecule has 0 saturated carbocycles. The van der Waals surface area contributed by atoms with Gasteiger partial charge in [0.15, 0.2) is 0 Å². The Morgan fingerprint density at radius 3 is 2.73 bits per heavy atom. The van der Waals surface area contributed by atoms with E-state index in [4.69, 9.17) is 11.6 Å². The highest BCUT2D eigenvalue weighted by molar-refractivity contribution is 6.31. The maximum absolute atomic E-state index is 5.94. The summed E-state index contributed by atoms with van der Waals surface area (Å²) in [5.74, 6) is 6.35. The predicted molar refractivity (Wildman–Crippen MR) is 67.2 cm³/mol. The van der Waals surface area contributed by atoms with Crippen LogP contribution < -0.4 is 0 Å². The topological polar surface area (TPSA) is 0 Å². The molecule has 0 atom stereocenters. The van der Waals surface area contributed by atoms with Gasteiger partial charge >= 0.3 is 0 Å². The SMILES string of the molecule is CCCCCC#Cc1ccc(Cl)c(C)c1. The summed E-state index contributed by atoms with van der Waals surface area (Å²) in [6.07, 6.45) is 4.72. The van der Waals surface area contributed by atoms with E-state index >= 15 is 0 Å². The molecule has 0 aliphatic heterocycles. The molecule has 1 aromatic carbocycles. The summed E-state index contributed by atoms with van der Waals surface area (Å²) in [5.41, 5.74) is 2.16. The van der Waals surface area contributed by atoms with Crippen molar-refractivity contribution in [2.24, 2.45) is 0 Å². The highest BCUT2D eigenvalue weighted by atomic mass is 35.5. The van der Waals surface area contributed by atoms with Crippen LogP contribution in [0.15, 0.2) is 18.2 Å². The lowest BCUT2D eigenvalue weighted by atomic mass is 10.1. The first-order valence-corrected chi connectivity index (χ1v) is 5.87. The molecule has 0 unspecified atom stereocenters. The largest absolute Gasteiger partial charge is 0.0979 e. The van der Waals surface area contributed by atoms with Gasteiger partial charge in [-0.3, -0.25) is 0 Å². The van der Waals surface area contributed by atoms with Crippen molar-refractivity contribution in [1.82, 2.24) is 0 Å². The molecule has 0 radical (unpaired) electrons. The van der Waals surface area contributed by atoms with Crippen molar-refractivity contribution in [3.05, 3.63) is 34.3 Å². The van der Waals surface area contributed by atoms with Crippen LogP contribution in [-0.2, 0) is 0 Å². The Balaban J connectivity index is 2.53. The van der Waals surface area contributed by atoms with E-state index in [9.17, 15) is 0 Å². The van der Waals surface area contributed by atoms with Crippen LogP contribution in [0.5, 0.6) is 0 Å². The molecule has 0 bridgehead atoms. The molecule has 0 N–H and O–H groups in total. The first-order valence-electron chi connectivity index (χ1n) is 5.49. The van der Waals surface area contributed by atoms with E-state index in [-0.39, 0.29) is 0 Å². The van der Waals surface area contributed by atoms with E-state index in [2.05, 4.69) is 18.8 Å². The number of hydrogen-bond acceptors (Lipinski definition) is 0. The van der Waals surface area contributed by atoms with Crippen molar-refractivity contribution < 1.29 is 0 Å². The molecule has 0 nitrogen and oxygen atoms in total. The van der Waals surface area contributed by atoms with Crippen LogP contribution in [0, 0.1) is 18.8 Å². The zero-order chi connectivity index (χ0) is 11.1. The smallest absolute Gasteiger partial charge is 0.0436 e.